The topological polar surface area (TPSA) is 26.0 Å². The number of rotatable bonds is 1. The summed E-state index contributed by atoms with van der Waals surface area (Å²) >= 11 is 0. The van der Waals surface area contributed by atoms with E-state index in [0.717, 1.165) is 0 Å². The fourth-order valence-corrected chi connectivity index (χ4v) is 0.692. The van der Waals surface area contributed by atoms with E-state index in [1.807, 2.05) is 31.2 Å². The summed E-state index contributed by atoms with van der Waals surface area (Å²) in [6.45, 7) is 1.98. The predicted molar refractivity (Wildman–Crippen MR) is 34.6 cm³/mol. The summed E-state index contributed by atoms with van der Waals surface area (Å²) in [6.07, 6.45) is 0. The predicted octanol–water partition coefficient (Wildman–Crippen LogP) is 1.43. The first-order valence-electron chi connectivity index (χ1n) is 2.78. The SMILES string of the molecule is CC(N)c1cc[cH-]c1. The van der Waals surface area contributed by atoms with Gasteiger partial charge >= 0.3 is 0 Å². The molecule has 0 saturated carbocycles. The highest BCUT2D eigenvalue weighted by Gasteiger charge is 1.85. The van der Waals surface area contributed by atoms with Crippen LogP contribution in [-0.4, -0.2) is 0 Å². The minimum Gasteiger partial charge on any atom is -0.335 e. The first-order valence-corrected chi connectivity index (χ1v) is 2.78. The van der Waals surface area contributed by atoms with Gasteiger partial charge < -0.3 is 5.73 Å². The maximum Gasteiger partial charge on any atom is -0.0289 e. The standard InChI is InChI=1S/C7H10N/c1-6(8)7-4-2-3-5-7/h2-6H,8H2,1H3/q-1. The van der Waals surface area contributed by atoms with Gasteiger partial charge in [0, 0.05) is 0 Å². The van der Waals surface area contributed by atoms with Crippen molar-refractivity contribution in [3.63, 3.8) is 0 Å². The van der Waals surface area contributed by atoms with Crippen molar-refractivity contribution in [3.8, 4) is 0 Å². The lowest BCUT2D eigenvalue weighted by atomic mass is 10.2. The summed E-state index contributed by atoms with van der Waals surface area (Å²) in [5.74, 6) is 0. The fraction of sp³-hybridized carbons (Fsp3) is 0.286. The van der Waals surface area contributed by atoms with Crippen molar-refractivity contribution in [2.45, 2.75) is 13.0 Å². The van der Waals surface area contributed by atoms with Crippen molar-refractivity contribution in [3.05, 3.63) is 29.8 Å². The summed E-state index contributed by atoms with van der Waals surface area (Å²) in [6, 6.07) is 8.25. The van der Waals surface area contributed by atoms with E-state index < -0.39 is 0 Å². The number of hydrogen-bond donors (Lipinski definition) is 1. The maximum absolute atomic E-state index is 5.56. The van der Waals surface area contributed by atoms with Crippen LogP contribution in [0.25, 0.3) is 0 Å². The van der Waals surface area contributed by atoms with Gasteiger partial charge in [0.1, 0.15) is 0 Å². The van der Waals surface area contributed by atoms with Crippen LogP contribution in [0.1, 0.15) is 18.5 Å². The molecule has 1 rings (SSSR count). The molecule has 0 spiro atoms. The van der Waals surface area contributed by atoms with Gasteiger partial charge in [0.2, 0.25) is 0 Å². The zero-order valence-electron chi connectivity index (χ0n) is 4.96. The molecule has 0 radical (unpaired) electrons. The molecular weight excluding hydrogens is 98.1 g/mol. The molecule has 44 valence electrons. The molecule has 0 aromatic heterocycles. The lowest BCUT2D eigenvalue weighted by Crippen LogP contribution is -2.02. The van der Waals surface area contributed by atoms with Crippen LogP contribution in [0, 0.1) is 0 Å². The Hall–Kier alpha value is -0.690. The average Bonchev–Trinajstić information content (AvgIpc) is 2.12. The van der Waals surface area contributed by atoms with Crippen molar-refractivity contribution in [1.29, 1.82) is 0 Å². The number of nitrogens with two attached hydrogens (primary N) is 1. The van der Waals surface area contributed by atoms with E-state index in [4.69, 9.17) is 5.73 Å². The molecule has 1 aromatic carbocycles. The van der Waals surface area contributed by atoms with Crippen molar-refractivity contribution in [2.24, 2.45) is 5.73 Å². The smallest absolute Gasteiger partial charge is 0.0289 e. The summed E-state index contributed by atoms with van der Waals surface area (Å²) < 4.78 is 0. The summed E-state index contributed by atoms with van der Waals surface area (Å²) in [4.78, 5) is 0. The highest BCUT2D eigenvalue weighted by molar-refractivity contribution is 5.18. The molecule has 0 heterocycles. The van der Waals surface area contributed by atoms with Gasteiger partial charge in [-0.15, -0.1) is 0 Å². The van der Waals surface area contributed by atoms with E-state index in [2.05, 4.69) is 0 Å². The van der Waals surface area contributed by atoms with Crippen LogP contribution in [0.2, 0.25) is 0 Å². The van der Waals surface area contributed by atoms with Gasteiger partial charge in [0.05, 0.1) is 0 Å². The van der Waals surface area contributed by atoms with Crippen LogP contribution >= 0.6 is 0 Å². The van der Waals surface area contributed by atoms with Crippen LogP contribution in [0.4, 0.5) is 0 Å². The zero-order chi connectivity index (χ0) is 5.98. The number of hydrogen-bond acceptors (Lipinski definition) is 1. The van der Waals surface area contributed by atoms with Crippen molar-refractivity contribution in [2.75, 3.05) is 0 Å². The second kappa shape index (κ2) is 2.05. The lowest BCUT2D eigenvalue weighted by Gasteiger charge is -2.06. The molecule has 8 heavy (non-hydrogen) atoms. The van der Waals surface area contributed by atoms with Gasteiger partial charge in [-0.25, -0.2) is 6.07 Å². The summed E-state index contributed by atoms with van der Waals surface area (Å²) in [5.41, 5.74) is 6.77. The Morgan fingerprint density at radius 3 is 2.75 bits per heavy atom. The molecule has 0 bridgehead atoms. The average molecular weight is 108 g/mol. The van der Waals surface area contributed by atoms with Crippen LogP contribution in [0.5, 0.6) is 0 Å². The molecule has 1 atom stereocenters. The van der Waals surface area contributed by atoms with E-state index in [1.165, 1.54) is 5.56 Å². The summed E-state index contributed by atoms with van der Waals surface area (Å²) in [7, 11) is 0. The van der Waals surface area contributed by atoms with Gasteiger partial charge in [-0.3, -0.25) is 0 Å². The molecule has 0 aliphatic rings. The first-order chi connectivity index (χ1) is 3.80. The molecule has 0 aliphatic carbocycles. The Bertz CT molecular complexity index is 139. The van der Waals surface area contributed by atoms with E-state index in [-0.39, 0.29) is 6.04 Å². The third-order valence-corrected chi connectivity index (χ3v) is 1.21. The minimum atomic E-state index is 0.185. The Morgan fingerprint density at radius 2 is 2.50 bits per heavy atom. The fourth-order valence-electron chi connectivity index (χ4n) is 0.692. The molecule has 1 heteroatoms. The third kappa shape index (κ3) is 0.928. The van der Waals surface area contributed by atoms with E-state index in [1.54, 1.807) is 0 Å². The largest absolute Gasteiger partial charge is 0.335 e. The van der Waals surface area contributed by atoms with Crippen LogP contribution in [0.3, 0.4) is 0 Å². The normalized spacial score (nSPS) is 13.8. The van der Waals surface area contributed by atoms with E-state index >= 15 is 0 Å². The maximum atomic E-state index is 5.56. The lowest BCUT2D eigenvalue weighted by molar-refractivity contribution is 0.822. The van der Waals surface area contributed by atoms with Crippen LogP contribution < -0.4 is 5.73 Å². The summed E-state index contributed by atoms with van der Waals surface area (Å²) in [5, 5.41) is 0. The van der Waals surface area contributed by atoms with Gasteiger partial charge in [0.25, 0.3) is 0 Å². The molecule has 1 nitrogen and oxygen atoms in total. The van der Waals surface area contributed by atoms with Gasteiger partial charge in [-0.1, -0.05) is 6.92 Å². The van der Waals surface area contributed by atoms with Crippen molar-refractivity contribution in [1.82, 2.24) is 0 Å². The second-order valence-corrected chi connectivity index (χ2v) is 2.01. The molecule has 0 aliphatic heterocycles. The van der Waals surface area contributed by atoms with Crippen LogP contribution in [0.15, 0.2) is 24.3 Å². The Balaban J connectivity index is 2.77. The second-order valence-electron chi connectivity index (χ2n) is 2.01. The quantitative estimate of drug-likeness (QED) is 0.541. The molecule has 0 amide bonds. The van der Waals surface area contributed by atoms with Crippen LogP contribution in [-0.2, 0) is 0 Å². The molecule has 2 N–H and O–H groups in total. The first kappa shape index (κ1) is 5.45. The third-order valence-electron chi connectivity index (χ3n) is 1.21. The molecule has 0 saturated heterocycles. The molecule has 0 fully saturated rings. The highest BCUT2D eigenvalue weighted by Crippen LogP contribution is 2.07. The molecule has 1 aromatic rings. The molecular formula is C7H10N-. The van der Waals surface area contributed by atoms with Crippen molar-refractivity contribution < 1.29 is 0 Å². The monoisotopic (exact) mass is 108 g/mol. The Kier molecular flexibility index (Phi) is 1.40. The zero-order valence-corrected chi connectivity index (χ0v) is 4.96. The minimum absolute atomic E-state index is 0.185. The Labute approximate surface area is 49.5 Å². The van der Waals surface area contributed by atoms with Gasteiger partial charge in [-0.05, 0) is 6.04 Å². The van der Waals surface area contributed by atoms with E-state index in [0.29, 0.717) is 0 Å². The molecule has 1 unspecified atom stereocenters. The van der Waals surface area contributed by atoms with E-state index in [9.17, 15) is 0 Å². The highest BCUT2D eigenvalue weighted by atomic mass is 14.6. The van der Waals surface area contributed by atoms with Gasteiger partial charge in [0.15, 0.2) is 0 Å². The van der Waals surface area contributed by atoms with Crippen molar-refractivity contribution >= 4 is 0 Å². The van der Waals surface area contributed by atoms with Gasteiger partial charge in [-0.2, -0.15) is 23.8 Å². The Morgan fingerprint density at radius 1 is 1.75 bits per heavy atom.